The number of hydrazone groups is 1. The summed E-state index contributed by atoms with van der Waals surface area (Å²) in [6.45, 7) is 1.71. The first-order valence-corrected chi connectivity index (χ1v) is 11.0. The summed E-state index contributed by atoms with van der Waals surface area (Å²) >= 11 is 5.97. The highest BCUT2D eigenvalue weighted by Crippen LogP contribution is 2.45. The number of carbonyl (C=O) groups excluding carboxylic acids is 2. The smallest absolute Gasteiger partial charge is 0.259 e. The first kappa shape index (κ1) is 27.2. The molecule has 0 spiro atoms. The Kier molecular flexibility index (Phi) is 8.09. The van der Waals surface area contributed by atoms with E-state index in [4.69, 9.17) is 16.3 Å². The van der Waals surface area contributed by atoms with Crippen LogP contribution in [-0.2, 0) is 11.2 Å². The number of amidine groups is 1. The third-order valence-electron chi connectivity index (χ3n) is 5.27. The average Bonchev–Trinajstić information content (AvgIpc) is 3.11. The Labute approximate surface area is 209 Å². The van der Waals surface area contributed by atoms with Crippen molar-refractivity contribution in [2.75, 3.05) is 30.5 Å². The van der Waals surface area contributed by atoms with Crippen LogP contribution in [0.5, 0.6) is 5.75 Å². The zero-order valence-corrected chi connectivity index (χ0v) is 20.2. The fourth-order valence-electron chi connectivity index (χ4n) is 3.70. The van der Waals surface area contributed by atoms with E-state index < -0.39 is 42.7 Å². The number of halogens is 5. The van der Waals surface area contributed by atoms with E-state index in [-0.39, 0.29) is 51.9 Å². The lowest BCUT2D eigenvalue weighted by Crippen LogP contribution is -2.36. The highest BCUT2D eigenvalue weighted by molar-refractivity contribution is 6.34. The van der Waals surface area contributed by atoms with Crippen LogP contribution in [0.25, 0.3) is 0 Å². The zero-order chi connectivity index (χ0) is 26.8. The summed E-state index contributed by atoms with van der Waals surface area (Å²) in [6, 6.07) is 4.57. The van der Waals surface area contributed by atoms with E-state index >= 15 is 4.39 Å². The van der Waals surface area contributed by atoms with Crippen molar-refractivity contribution >= 4 is 41.1 Å². The molecule has 2 N–H and O–H groups in total. The van der Waals surface area contributed by atoms with Crippen LogP contribution in [0, 0.1) is 11.6 Å². The molecule has 36 heavy (non-hydrogen) atoms. The maximum atomic E-state index is 15.4. The number of amides is 2. The fourth-order valence-corrected chi connectivity index (χ4v) is 3.91. The predicted molar refractivity (Wildman–Crippen MR) is 126 cm³/mol. The molecule has 3 rings (SSSR count). The van der Waals surface area contributed by atoms with E-state index in [9.17, 15) is 27.9 Å². The lowest BCUT2D eigenvalue weighted by Gasteiger charge is -2.23. The summed E-state index contributed by atoms with van der Waals surface area (Å²) in [5.41, 5.74) is -1.83. The van der Waals surface area contributed by atoms with Gasteiger partial charge in [0.25, 0.3) is 12.3 Å². The Bertz CT molecular complexity index is 1190. The zero-order valence-electron chi connectivity index (χ0n) is 19.5. The first-order valence-electron chi connectivity index (χ1n) is 10.6. The van der Waals surface area contributed by atoms with Crippen molar-refractivity contribution in [1.82, 2.24) is 4.90 Å². The SMILES string of the molecule is CN(CC(F)F)/C(CO)=N\N(C=O)c1c(F)cc(C(=O)Nc2c(F)cccc2Cl)c2c1CC(C)(C)O2. The Morgan fingerprint density at radius 3 is 2.61 bits per heavy atom. The number of alkyl halides is 2. The summed E-state index contributed by atoms with van der Waals surface area (Å²) < 4.78 is 61.0. The Hall–Kier alpha value is -3.38. The number of benzene rings is 2. The van der Waals surface area contributed by atoms with Crippen molar-refractivity contribution in [3.63, 3.8) is 0 Å². The van der Waals surface area contributed by atoms with E-state index in [0.29, 0.717) is 5.01 Å². The first-order chi connectivity index (χ1) is 16.9. The summed E-state index contributed by atoms with van der Waals surface area (Å²) in [7, 11) is 1.22. The molecule has 2 amide bonds. The number of nitrogens with one attached hydrogen (secondary N) is 1. The van der Waals surface area contributed by atoms with Crippen molar-refractivity contribution < 1.29 is 37.0 Å². The summed E-state index contributed by atoms with van der Waals surface area (Å²) in [5.74, 6) is -3.20. The van der Waals surface area contributed by atoms with Crippen LogP contribution in [0.15, 0.2) is 29.4 Å². The molecule has 1 heterocycles. The highest BCUT2D eigenvalue weighted by Gasteiger charge is 2.39. The molecule has 1 aliphatic heterocycles. The van der Waals surface area contributed by atoms with Gasteiger partial charge in [-0.2, -0.15) is 5.01 Å². The number of aliphatic hydroxyl groups is 1. The monoisotopic (exact) mass is 530 g/mol. The van der Waals surface area contributed by atoms with Gasteiger partial charge in [0.05, 0.1) is 22.8 Å². The number of likely N-dealkylation sites (N-methyl/N-ethyl adjacent to an activating group) is 1. The Morgan fingerprint density at radius 2 is 2.03 bits per heavy atom. The molecule has 2 aromatic carbocycles. The maximum Gasteiger partial charge on any atom is 0.259 e. The molecule has 13 heteroatoms. The van der Waals surface area contributed by atoms with Gasteiger partial charge in [0.2, 0.25) is 6.41 Å². The van der Waals surface area contributed by atoms with E-state index in [1.165, 1.54) is 19.2 Å². The van der Waals surface area contributed by atoms with Gasteiger partial charge < -0.3 is 20.1 Å². The molecular formula is C23H23ClF4N4O4. The number of anilines is 2. The number of carbonyl (C=O) groups is 2. The number of hydrogen-bond donors (Lipinski definition) is 2. The van der Waals surface area contributed by atoms with Crippen LogP contribution >= 0.6 is 11.6 Å². The van der Waals surface area contributed by atoms with Crippen LogP contribution in [0.4, 0.5) is 28.9 Å². The molecule has 0 atom stereocenters. The van der Waals surface area contributed by atoms with E-state index in [2.05, 4.69) is 10.4 Å². The molecule has 1 aliphatic rings. The van der Waals surface area contributed by atoms with Crippen LogP contribution < -0.4 is 15.1 Å². The normalized spacial score (nSPS) is 14.3. The van der Waals surface area contributed by atoms with Crippen molar-refractivity contribution in [2.45, 2.75) is 32.3 Å². The van der Waals surface area contributed by atoms with Gasteiger partial charge in [-0.05, 0) is 32.0 Å². The van der Waals surface area contributed by atoms with E-state index in [0.717, 1.165) is 17.0 Å². The third kappa shape index (κ3) is 5.71. The van der Waals surface area contributed by atoms with Gasteiger partial charge in [0.1, 0.15) is 35.3 Å². The van der Waals surface area contributed by atoms with E-state index in [1.807, 2.05) is 0 Å². The molecule has 0 aromatic heterocycles. The number of fused-ring (bicyclic) bond motifs is 1. The van der Waals surface area contributed by atoms with Crippen LogP contribution in [0.1, 0.15) is 29.8 Å². The molecule has 0 saturated heterocycles. The van der Waals surface area contributed by atoms with Crippen LogP contribution in [0.3, 0.4) is 0 Å². The lowest BCUT2D eigenvalue weighted by atomic mass is 9.97. The predicted octanol–water partition coefficient (Wildman–Crippen LogP) is 4.05. The standard InChI is InChI=1S/C23H23ClF4N4O4/c1-23(2)8-13-20(32(11-34)30-18(10-33)31(3)9-17(27)28)16(26)7-12(21(13)36-23)22(35)29-19-14(24)5-4-6-15(19)25/h4-7,11,17,33H,8-10H2,1-3H3,(H,29,35)/b30-18-. The molecule has 8 nitrogen and oxygen atoms in total. The second-order valence-corrected chi connectivity index (χ2v) is 8.95. The fraction of sp³-hybridized carbons (Fsp3) is 0.348. The highest BCUT2D eigenvalue weighted by atomic mass is 35.5. The minimum Gasteiger partial charge on any atom is -0.486 e. The van der Waals surface area contributed by atoms with Gasteiger partial charge in [-0.25, -0.2) is 17.6 Å². The van der Waals surface area contributed by atoms with Gasteiger partial charge in [-0.15, -0.1) is 5.10 Å². The van der Waals surface area contributed by atoms with Crippen molar-refractivity contribution in [2.24, 2.45) is 5.10 Å². The van der Waals surface area contributed by atoms with Crippen LogP contribution in [-0.4, -0.2) is 60.4 Å². The molecule has 0 unspecified atom stereocenters. The van der Waals surface area contributed by atoms with Crippen molar-refractivity contribution in [3.8, 4) is 5.75 Å². The summed E-state index contributed by atoms with van der Waals surface area (Å²) in [4.78, 5) is 25.8. The average molecular weight is 531 g/mol. The molecule has 0 radical (unpaired) electrons. The Balaban J connectivity index is 2.09. The van der Waals surface area contributed by atoms with Crippen LogP contribution in [0.2, 0.25) is 5.02 Å². The topological polar surface area (TPSA) is 94.5 Å². The number of para-hydroxylation sites is 1. The minimum absolute atomic E-state index is 0.0390. The molecule has 0 aliphatic carbocycles. The molecule has 2 aromatic rings. The second kappa shape index (κ2) is 10.7. The van der Waals surface area contributed by atoms with Crippen molar-refractivity contribution in [3.05, 3.63) is 52.0 Å². The number of ether oxygens (including phenoxy) is 1. The number of rotatable bonds is 8. The molecular weight excluding hydrogens is 508 g/mol. The number of hydrogen-bond acceptors (Lipinski definition) is 5. The molecule has 0 saturated carbocycles. The molecule has 0 bridgehead atoms. The third-order valence-corrected chi connectivity index (χ3v) is 5.59. The van der Waals surface area contributed by atoms with Gasteiger partial charge in [-0.1, -0.05) is 17.7 Å². The Morgan fingerprint density at radius 1 is 1.33 bits per heavy atom. The largest absolute Gasteiger partial charge is 0.486 e. The summed E-state index contributed by atoms with van der Waals surface area (Å²) in [6.07, 6.45) is -2.58. The van der Waals surface area contributed by atoms with Crippen molar-refractivity contribution in [1.29, 1.82) is 0 Å². The second-order valence-electron chi connectivity index (χ2n) is 8.55. The van der Waals surface area contributed by atoms with Gasteiger partial charge in [0.15, 0.2) is 5.84 Å². The minimum atomic E-state index is -2.76. The molecule has 0 fully saturated rings. The van der Waals surface area contributed by atoms with Gasteiger partial charge in [-0.3, -0.25) is 9.59 Å². The number of aliphatic hydroxyl groups excluding tert-OH is 1. The summed E-state index contributed by atoms with van der Waals surface area (Å²) in [5, 5.41) is 16.2. The quantitative estimate of drug-likeness (QED) is 0.177. The number of nitrogens with zero attached hydrogens (tertiary/aromatic N) is 3. The van der Waals surface area contributed by atoms with Gasteiger partial charge >= 0.3 is 0 Å². The van der Waals surface area contributed by atoms with E-state index in [1.54, 1.807) is 13.8 Å². The lowest BCUT2D eigenvalue weighted by molar-refractivity contribution is -0.107. The van der Waals surface area contributed by atoms with Gasteiger partial charge in [0, 0.05) is 19.0 Å². The maximum absolute atomic E-state index is 15.4. The molecule has 194 valence electrons.